The van der Waals surface area contributed by atoms with Crippen molar-refractivity contribution in [1.82, 2.24) is 0 Å². The number of aliphatic hydroxyl groups excluding tert-OH is 4. The lowest BCUT2D eigenvalue weighted by Gasteiger charge is -2.17. The van der Waals surface area contributed by atoms with Crippen LogP contribution in [0.25, 0.3) is 0 Å². The number of hydrogen-bond acceptors (Lipinski definition) is 7. The molecule has 0 amide bonds. The number of ether oxygens (including phenoxy) is 3. The highest BCUT2D eigenvalue weighted by Crippen LogP contribution is 1.96. The van der Waals surface area contributed by atoms with Gasteiger partial charge in [-0.05, 0) is 0 Å². The summed E-state index contributed by atoms with van der Waals surface area (Å²) in [6, 6.07) is 0. The normalized spacial score (nSPS) is 13.4. The Labute approximate surface area is 87.8 Å². The fourth-order valence-electron chi connectivity index (χ4n) is 0.733. The summed E-state index contributed by atoms with van der Waals surface area (Å²) in [5.74, 6) is 0. The maximum Gasteiger partial charge on any atom is 0.147 e. The predicted molar refractivity (Wildman–Crippen MR) is 48.9 cm³/mol. The summed E-state index contributed by atoms with van der Waals surface area (Å²) in [4.78, 5) is 0. The van der Waals surface area contributed by atoms with Gasteiger partial charge in [0.05, 0.1) is 26.4 Å². The van der Waals surface area contributed by atoms with Crippen molar-refractivity contribution in [1.29, 1.82) is 0 Å². The summed E-state index contributed by atoms with van der Waals surface area (Å²) >= 11 is 0. The molecular formula is C8H18O7. The zero-order chi connectivity index (χ0) is 11.5. The molecule has 0 fully saturated rings. The van der Waals surface area contributed by atoms with Gasteiger partial charge >= 0.3 is 0 Å². The van der Waals surface area contributed by atoms with Crippen molar-refractivity contribution >= 4 is 0 Å². The molecule has 0 rings (SSSR count). The molecule has 7 nitrogen and oxygen atoms in total. The molecule has 0 aromatic carbocycles. The van der Waals surface area contributed by atoms with Crippen molar-refractivity contribution in [2.75, 3.05) is 40.0 Å². The third-order valence-corrected chi connectivity index (χ3v) is 1.61. The van der Waals surface area contributed by atoms with Crippen LogP contribution in [-0.2, 0) is 14.2 Å². The number of hydrogen-bond donors (Lipinski definition) is 4. The topological polar surface area (TPSA) is 109 Å². The van der Waals surface area contributed by atoms with E-state index in [1.165, 1.54) is 0 Å². The highest BCUT2D eigenvalue weighted by atomic mass is 16.7. The van der Waals surface area contributed by atoms with Crippen molar-refractivity contribution in [3.8, 4) is 0 Å². The number of aliphatic hydroxyl groups is 4. The van der Waals surface area contributed by atoms with E-state index in [4.69, 9.17) is 29.9 Å². The standard InChI is InChI=1S/C8H18O7/c9-1-7(2-10)14-6-15-8(3-11)4-13-5-12/h7-12H,1-6H2. The van der Waals surface area contributed by atoms with Crippen LogP contribution in [0.3, 0.4) is 0 Å². The Hall–Kier alpha value is -0.280. The molecule has 92 valence electrons. The molecule has 0 aliphatic heterocycles. The molecule has 0 aliphatic rings. The lowest BCUT2D eigenvalue weighted by molar-refractivity contribution is -0.163. The summed E-state index contributed by atoms with van der Waals surface area (Å²) in [6.45, 7) is -1.47. The van der Waals surface area contributed by atoms with Crippen LogP contribution in [0.15, 0.2) is 0 Å². The van der Waals surface area contributed by atoms with Crippen molar-refractivity contribution in [2.45, 2.75) is 12.2 Å². The molecule has 1 atom stereocenters. The van der Waals surface area contributed by atoms with Crippen molar-refractivity contribution in [2.24, 2.45) is 0 Å². The smallest absolute Gasteiger partial charge is 0.147 e. The second-order valence-corrected chi connectivity index (χ2v) is 2.74. The number of rotatable bonds is 10. The first-order valence-corrected chi connectivity index (χ1v) is 4.52. The van der Waals surface area contributed by atoms with Crippen LogP contribution >= 0.6 is 0 Å². The molecular weight excluding hydrogens is 208 g/mol. The fraction of sp³-hybridized carbons (Fsp3) is 1.00. The summed E-state index contributed by atoms with van der Waals surface area (Å²) in [6.07, 6.45) is -1.29. The van der Waals surface area contributed by atoms with Gasteiger partial charge in [-0.25, -0.2) is 0 Å². The minimum Gasteiger partial charge on any atom is -0.394 e. The summed E-state index contributed by atoms with van der Waals surface area (Å²) < 4.78 is 14.5. The Balaban J connectivity index is 3.52. The van der Waals surface area contributed by atoms with E-state index in [1.54, 1.807) is 0 Å². The third kappa shape index (κ3) is 7.63. The minimum atomic E-state index is -0.692. The molecule has 4 N–H and O–H groups in total. The lowest BCUT2D eigenvalue weighted by Crippen LogP contribution is -2.29. The van der Waals surface area contributed by atoms with Crippen molar-refractivity contribution in [3.63, 3.8) is 0 Å². The van der Waals surface area contributed by atoms with E-state index in [1.807, 2.05) is 0 Å². The lowest BCUT2D eigenvalue weighted by atomic mass is 10.4. The Morgan fingerprint density at radius 1 is 0.800 bits per heavy atom. The summed E-state index contributed by atoms with van der Waals surface area (Å²) in [5, 5.41) is 34.4. The van der Waals surface area contributed by atoms with Crippen LogP contribution in [0.5, 0.6) is 0 Å². The monoisotopic (exact) mass is 226 g/mol. The van der Waals surface area contributed by atoms with E-state index < -0.39 is 19.0 Å². The Bertz CT molecular complexity index is 128. The van der Waals surface area contributed by atoms with Crippen LogP contribution in [0.2, 0.25) is 0 Å². The summed E-state index contributed by atoms with van der Waals surface area (Å²) in [5.41, 5.74) is 0. The molecule has 0 saturated carbocycles. The first kappa shape index (κ1) is 14.7. The highest BCUT2D eigenvalue weighted by Gasteiger charge is 2.10. The van der Waals surface area contributed by atoms with Gasteiger partial charge in [0.25, 0.3) is 0 Å². The Morgan fingerprint density at radius 2 is 1.33 bits per heavy atom. The predicted octanol–water partition coefficient (Wildman–Crippen LogP) is -2.34. The molecule has 0 bridgehead atoms. The zero-order valence-corrected chi connectivity index (χ0v) is 8.41. The molecule has 0 aromatic heterocycles. The molecule has 0 aliphatic carbocycles. The van der Waals surface area contributed by atoms with E-state index >= 15 is 0 Å². The van der Waals surface area contributed by atoms with E-state index in [9.17, 15) is 0 Å². The zero-order valence-electron chi connectivity index (χ0n) is 8.41. The van der Waals surface area contributed by atoms with Gasteiger partial charge in [0, 0.05) is 0 Å². The maximum atomic E-state index is 8.79. The molecule has 1 unspecified atom stereocenters. The molecule has 0 radical (unpaired) electrons. The van der Waals surface area contributed by atoms with Gasteiger partial charge in [0.15, 0.2) is 0 Å². The molecule has 7 heteroatoms. The van der Waals surface area contributed by atoms with E-state index in [0.29, 0.717) is 0 Å². The van der Waals surface area contributed by atoms with Gasteiger partial charge in [-0.15, -0.1) is 0 Å². The van der Waals surface area contributed by atoms with Gasteiger partial charge in [-0.1, -0.05) is 0 Å². The van der Waals surface area contributed by atoms with Crippen LogP contribution in [-0.4, -0.2) is 72.6 Å². The van der Waals surface area contributed by atoms with Crippen molar-refractivity contribution in [3.05, 3.63) is 0 Å². The quantitative estimate of drug-likeness (QED) is 0.309. The molecule has 0 saturated heterocycles. The average molecular weight is 226 g/mol. The highest BCUT2D eigenvalue weighted by molar-refractivity contribution is 4.53. The van der Waals surface area contributed by atoms with E-state index in [-0.39, 0.29) is 33.2 Å². The first-order valence-electron chi connectivity index (χ1n) is 4.52. The van der Waals surface area contributed by atoms with Crippen LogP contribution < -0.4 is 0 Å². The van der Waals surface area contributed by atoms with E-state index in [2.05, 4.69) is 4.74 Å². The van der Waals surface area contributed by atoms with Gasteiger partial charge in [0.1, 0.15) is 25.8 Å². The van der Waals surface area contributed by atoms with Crippen LogP contribution in [0, 0.1) is 0 Å². The van der Waals surface area contributed by atoms with Gasteiger partial charge in [-0.3, -0.25) is 0 Å². The fourth-order valence-corrected chi connectivity index (χ4v) is 0.733. The van der Waals surface area contributed by atoms with Gasteiger partial charge in [-0.2, -0.15) is 0 Å². The second-order valence-electron chi connectivity index (χ2n) is 2.74. The maximum absolute atomic E-state index is 8.79. The van der Waals surface area contributed by atoms with Crippen LogP contribution in [0.1, 0.15) is 0 Å². The summed E-state index contributed by atoms with van der Waals surface area (Å²) in [7, 11) is 0. The van der Waals surface area contributed by atoms with E-state index in [0.717, 1.165) is 0 Å². The average Bonchev–Trinajstić information content (AvgIpc) is 2.28. The minimum absolute atomic E-state index is 0.0409. The molecule has 0 spiro atoms. The molecule has 0 aromatic rings. The first-order chi connectivity index (χ1) is 7.28. The largest absolute Gasteiger partial charge is 0.394 e. The Kier molecular flexibility index (Phi) is 10.1. The molecule has 15 heavy (non-hydrogen) atoms. The third-order valence-electron chi connectivity index (χ3n) is 1.61. The van der Waals surface area contributed by atoms with Gasteiger partial charge in [0.2, 0.25) is 0 Å². The molecule has 0 heterocycles. The van der Waals surface area contributed by atoms with Crippen molar-refractivity contribution < 1.29 is 34.6 Å². The van der Waals surface area contributed by atoms with Gasteiger partial charge < -0.3 is 34.6 Å². The second kappa shape index (κ2) is 10.2. The Morgan fingerprint density at radius 3 is 1.80 bits per heavy atom. The van der Waals surface area contributed by atoms with Crippen LogP contribution in [0.4, 0.5) is 0 Å². The SMILES string of the molecule is OCOCC(CO)OCOC(CO)CO.